The third kappa shape index (κ3) is 4.66. The van der Waals surface area contributed by atoms with Crippen LogP contribution in [0.4, 0.5) is 5.69 Å². The van der Waals surface area contributed by atoms with Crippen LogP contribution in [-0.2, 0) is 0 Å². The summed E-state index contributed by atoms with van der Waals surface area (Å²) in [4.78, 5) is 10.2. The zero-order valence-corrected chi connectivity index (χ0v) is 13.7. The van der Waals surface area contributed by atoms with Crippen molar-refractivity contribution in [2.24, 2.45) is 0 Å². The van der Waals surface area contributed by atoms with Crippen LogP contribution in [0.3, 0.4) is 0 Å². The number of hydrogen-bond donors (Lipinski definition) is 0. The Bertz CT molecular complexity index is 747. The van der Waals surface area contributed by atoms with Gasteiger partial charge in [-0.2, -0.15) is 5.26 Å². The highest BCUT2D eigenvalue weighted by Gasteiger charge is 2.07. The van der Waals surface area contributed by atoms with Crippen molar-refractivity contribution in [2.75, 3.05) is 11.9 Å². The molecule has 2 aromatic carbocycles. The summed E-state index contributed by atoms with van der Waals surface area (Å²) < 4.78 is 5.47. The molecule has 0 aromatic heterocycles. The van der Waals surface area contributed by atoms with Gasteiger partial charge in [0.25, 0.3) is 5.69 Å². The Labute approximate surface area is 142 Å². The fourth-order valence-electron chi connectivity index (χ4n) is 1.93. The number of alkyl halides is 1. The first-order valence-corrected chi connectivity index (χ1v) is 7.91. The minimum atomic E-state index is -0.467. The van der Waals surface area contributed by atoms with Crippen molar-refractivity contribution in [1.82, 2.24) is 0 Å². The van der Waals surface area contributed by atoms with Crippen LogP contribution in [0.5, 0.6) is 5.75 Å². The van der Waals surface area contributed by atoms with E-state index in [0.29, 0.717) is 17.7 Å². The highest BCUT2D eigenvalue weighted by molar-refractivity contribution is 9.09. The number of allylic oxidation sites excluding steroid dienone is 1. The van der Waals surface area contributed by atoms with E-state index in [1.165, 1.54) is 12.1 Å². The highest BCUT2D eigenvalue weighted by atomic mass is 79.9. The molecule has 5 nitrogen and oxygen atoms in total. The lowest BCUT2D eigenvalue weighted by Crippen LogP contribution is -1.97. The second-order valence-electron chi connectivity index (χ2n) is 4.58. The van der Waals surface area contributed by atoms with E-state index in [1.807, 2.05) is 24.3 Å². The average Bonchev–Trinajstić information content (AvgIpc) is 2.59. The van der Waals surface area contributed by atoms with Crippen LogP contribution < -0.4 is 4.74 Å². The molecule has 6 heteroatoms. The molecule has 0 aliphatic rings. The molecule has 0 saturated carbocycles. The first-order valence-electron chi connectivity index (χ1n) is 6.79. The van der Waals surface area contributed by atoms with Gasteiger partial charge in [-0.25, -0.2) is 0 Å². The molecular formula is C17H13BrN2O3. The Morgan fingerprint density at radius 3 is 2.39 bits per heavy atom. The maximum atomic E-state index is 10.7. The molecule has 23 heavy (non-hydrogen) atoms. The van der Waals surface area contributed by atoms with Crippen LogP contribution in [0, 0.1) is 21.4 Å². The number of ether oxygens (including phenoxy) is 1. The minimum Gasteiger partial charge on any atom is -0.493 e. The molecule has 0 spiro atoms. The summed E-state index contributed by atoms with van der Waals surface area (Å²) in [6.45, 7) is 0.585. The Morgan fingerprint density at radius 2 is 1.87 bits per heavy atom. The maximum absolute atomic E-state index is 10.7. The average molecular weight is 373 g/mol. The van der Waals surface area contributed by atoms with Gasteiger partial charge in [0, 0.05) is 17.5 Å². The summed E-state index contributed by atoms with van der Waals surface area (Å²) in [5.41, 5.74) is 1.93. The van der Waals surface area contributed by atoms with Crippen molar-refractivity contribution < 1.29 is 9.66 Å². The molecule has 0 fully saturated rings. The fraction of sp³-hybridized carbons (Fsp3) is 0.118. The number of rotatable bonds is 6. The van der Waals surface area contributed by atoms with Crippen LogP contribution >= 0.6 is 15.9 Å². The SMILES string of the molecule is N#C/C(=C\c1ccc(OCCBr)cc1)c1ccc([N+](=O)[O-])cc1. The molecule has 0 aliphatic carbocycles. The monoisotopic (exact) mass is 372 g/mol. The minimum absolute atomic E-state index is 0.000618. The van der Waals surface area contributed by atoms with Gasteiger partial charge in [0.05, 0.1) is 23.2 Å². The van der Waals surface area contributed by atoms with Gasteiger partial charge in [-0.1, -0.05) is 28.1 Å². The summed E-state index contributed by atoms with van der Waals surface area (Å²) in [5, 5.41) is 20.7. The summed E-state index contributed by atoms with van der Waals surface area (Å²) in [7, 11) is 0. The number of non-ortho nitro benzene ring substituents is 1. The van der Waals surface area contributed by atoms with Crippen molar-refractivity contribution in [3.8, 4) is 11.8 Å². The van der Waals surface area contributed by atoms with E-state index in [0.717, 1.165) is 16.6 Å². The fourth-order valence-corrected chi connectivity index (χ4v) is 2.09. The van der Waals surface area contributed by atoms with E-state index in [1.54, 1.807) is 18.2 Å². The smallest absolute Gasteiger partial charge is 0.269 e. The quantitative estimate of drug-likeness (QED) is 0.247. The molecule has 0 saturated heterocycles. The second-order valence-corrected chi connectivity index (χ2v) is 5.37. The molecule has 0 N–H and O–H groups in total. The van der Waals surface area contributed by atoms with E-state index < -0.39 is 4.92 Å². The lowest BCUT2D eigenvalue weighted by atomic mass is 10.0. The Balaban J connectivity index is 2.21. The van der Waals surface area contributed by atoms with Gasteiger partial charge in [-0.05, 0) is 41.5 Å². The summed E-state index contributed by atoms with van der Waals surface area (Å²) in [5.74, 6) is 0.760. The largest absolute Gasteiger partial charge is 0.493 e. The van der Waals surface area contributed by atoms with E-state index in [-0.39, 0.29) is 5.69 Å². The van der Waals surface area contributed by atoms with Crippen molar-refractivity contribution in [1.29, 1.82) is 5.26 Å². The lowest BCUT2D eigenvalue weighted by molar-refractivity contribution is -0.384. The zero-order valence-electron chi connectivity index (χ0n) is 12.1. The normalized spacial score (nSPS) is 10.9. The third-order valence-electron chi connectivity index (χ3n) is 3.05. The Hall–Kier alpha value is -2.65. The van der Waals surface area contributed by atoms with Gasteiger partial charge >= 0.3 is 0 Å². The van der Waals surface area contributed by atoms with Gasteiger partial charge in [0.2, 0.25) is 0 Å². The van der Waals surface area contributed by atoms with Crippen molar-refractivity contribution in [3.05, 3.63) is 69.8 Å². The number of hydrogen-bond acceptors (Lipinski definition) is 4. The molecule has 0 heterocycles. The van der Waals surface area contributed by atoms with Crippen LogP contribution in [-0.4, -0.2) is 16.9 Å². The summed E-state index contributed by atoms with van der Waals surface area (Å²) in [6.07, 6.45) is 1.73. The van der Waals surface area contributed by atoms with Gasteiger partial charge < -0.3 is 4.74 Å². The number of halogens is 1. The molecule has 0 amide bonds. The summed E-state index contributed by atoms with van der Waals surface area (Å²) >= 11 is 3.29. The van der Waals surface area contributed by atoms with Crippen molar-refractivity contribution >= 4 is 33.3 Å². The van der Waals surface area contributed by atoms with Crippen LogP contribution in [0.1, 0.15) is 11.1 Å². The number of nitriles is 1. The molecule has 0 bridgehead atoms. The van der Waals surface area contributed by atoms with Gasteiger partial charge in [0.1, 0.15) is 5.75 Å². The summed E-state index contributed by atoms with van der Waals surface area (Å²) in [6, 6.07) is 15.4. The predicted molar refractivity (Wildman–Crippen MR) is 92.3 cm³/mol. The van der Waals surface area contributed by atoms with Crippen LogP contribution in [0.2, 0.25) is 0 Å². The zero-order chi connectivity index (χ0) is 16.7. The molecule has 2 aromatic rings. The molecule has 116 valence electrons. The van der Waals surface area contributed by atoms with Crippen molar-refractivity contribution in [2.45, 2.75) is 0 Å². The maximum Gasteiger partial charge on any atom is 0.269 e. The second kappa shape index (κ2) is 8.11. The number of nitro groups is 1. The topological polar surface area (TPSA) is 76.2 Å². The first kappa shape index (κ1) is 16.7. The molecule has 0 atom stereocenters. The van der Waals surface area contributed by atoms with Crippen LogP contribution in [0.25, 0.3) is 11.6 Å². The number of nitrogens with zero attached hydrogens (tertiary/aromatic N) is 2. The molecule has 2 rings (SSSR count). The Kier molecular flexibility index (Phi) is 5.89. The van der Waals surface area contributed by atoms with Gasteiger partial charge in [-0.15, -0.1) is 0 Å². The third-order valence-corrected chi connectivity index (χ3v) is 3.37. The first-order chi connectivity index (χ1) is 11.1. The predicted octanol–water partition coefficient (Wildman–Crippen LogP) is 4.43. The van der Waals surface area contributed by atoms with E-state index >= 15 is 0 Å². The van der Waals surface area contributed by atoms with E-state index in [2.05, 4.69) is 22.0 Å². The van der Waals surface area contributed by atoms with E-state index in [9.17, 15) is 15.4 Å². The molecular weight excluding hydrogens is 360 g/mol. The number of benzene rings is 2. The van der Waals surface area contributed by atoms with Crippen LogP contribution in [0.15, 0.2) is 48.5 Å². The number of nitro benzene ring substituents is 1. The van der Waals surface area contributed by atoms with E-state index in [4.69, 9.17) is 4.74 Å². The van der Waals surface area contributed by atoms with Crippen molar-refractivity contribution in [3.63, 3.8) is 0 Å². The molecule has 0 radical (unpaired) electrons. The highest BCUT2D eigenvalue weighted by Crippen LogP contribution is 2.22. The standard InChI is InChI=1S/C17H13BrN2O3/c18-9-10-23-17-7-1-13(2-8-17)11-15(12-19)14-3-5-16(6-4-14)20(21)22/h1-8,11H,9-10H2/b15-11+. The molecule has 0 aliphatic heterocycles. The Morgan fingerprint density at radius 1 is 1.22 bits per heavy atom. The van der Waals surface area contributed by atoms with Gasteiger partial charge in [-0.3, -0.25) is 10.1 Å². The van der Waals surface area contributed by atoms with Gasteiger partial charge in [0.15, 0.2) is 0 Å². The lowest BCUT2D eigenvalue weighted by Gasteiger charge is -2.04. The molecule has 0 unspecified atom stereocenters.